The van der Waals surface area contributed by atoms with Gasteiger partial charge in [0.15, 0.2) is 0 Å². The van der Waals surface area contributed by atoms with Crippen LogP contribution in [-0.2, 0) is 4.74 Å². The maximum Gasteiger partial charge on any atom is 0.345 e. The van der Waals surface area contributed by atoms with Gasteiger partial charge in [0.2, 0.25) is 0 Å². The number of rotatable bonds is 4. The van der Waals surface area contributed by atoms with Gasteiger partial charge in [0.1, 0.15) is 11.3 Å². The van der Waals surface area contributed by atoms with Crippen molar-refractivity contribution in [2.75, 3.05) is 13.7 Å². The Kier molecular flexibility index (Phi) is 3.70. The van der Waals surface area contributed by atoms with Crippen LogP contribution in [0.2, 0.25) is 0 Å². The molecule has 1 aromatic heterocycles. The summed E-state index contributed by atoms with van der Waals surface area (Å²) in [5.74, 6) is 0.0602. The molecular weight excluding hydrogens is 248 g/mol. The summed E-state index contributed by atoms with van der Waals surface area (Å²) in [6, 6.07) is 6.89. The van der Waals surface area contributed by atoms with Gasteiger partial charge in [-0.05, 0) is 31.2 Å². The van der Waals surface area contributed by atoms with Gasteiger partial charge in [-0.15, -0.1) is 0 Å². The van der Waals surface area contributed by atoms with Crippen LogP contribution in [0.1, 0.15) is 17.3 Å². The molecule has 1 N–H and O–H groups in total. The SMILES string of the molecule is CCOC(=O)c1c[nH]n(-c2ccc(OC)cc2)c1=O. The summed E-state index contributed by atoms with van der Waals surface area (Å²) in [6.07, 6.45) is 1.34. The molecule has 0 amide bonds. The first kappa shape index (κ1) is 12.9. The van der Waals surface area contributed by atoms with Crippen molar-refractivity contribution in [3.05, 3.63) is 46.4 Å². The zero-order chi connectivity index (χ0) is 13.8. The maximum absolute atomic E-state index is 12.0. The summed E-state index contributed by atoms with van der Waals surface area (Å²) in [5, 5.41) is 2.73. The number of H-pyrrole nitrogens is 1. The number of hydrogen-bond donors (Lipinski definition) is 1. The Bertz CT molecular complexity index is 625. The monoisotopic (exact) mass is 262 g/mol. The molecule has 6 heteroatoms. The first-order valence-corrected chi connectivity index (χ1v) is 5.79. The van der Waals surface area contributed by atoms with E-state index in [-0.39, 0.29) is 12.2 Å². The van der Waals surface area contributed by atoms with Crippen molar-refractivity contribution in [2.45, 2.75) is 6.92 Å². The summed E-state index contributed by atoms with van der Waals surface area (Å²) >= 11 is 0. The molecule has 1 heterocycles. The minimum absolute atomic E-state index is 0.0160. The number of aromatic nitrogens is 2. The summed E-state index contributed by atoms with van der Waals surface area (Å²) in [6.45, 7) is 1.92. The predicted molar refractivity (Wildman–Crippen MR) is 68.9 cm³/mol. The number of ether oxygens (including phenoxy) is 2. The third-order valence-electron chi connectivity index (χ3n) is 2.60. The van der Waals surface area contributed by atoms with Gasteiger partial charge in [0.05, 0.1) is 19.4 Å². The molecule has 0 aliphatic rings. The number of carbonyl (C=O) groups is 1. The van der Waals surface area contributed by atoms with E-state index >= 15 is 0 Å². The van der Waals surface area contributed by atoms with Crippen LogP contribution in [0.3, 0.4) is 0 Å². The highest BCUT2D eigenvalue weighted by atomic mass is 16.5. The molecule has 0 radical (unpaired) electrons. The van der Waals surface area contributed by atoms with Crippen LogP contribution in [0, 0.1) is 0 Å². The molecule has 2 rings (SSSR count). The van der Waals surface area contributed by atoms with Gasteiger partial charge >= 0.3 is 5.97 Å². The smallest absolute Gasteiger partial charge is 0.345 e. The van der Waals surface area contributed by atoms with Crippen molar-refractivity contribution in [3.8, 4) is 11.4 Å². The standard InChI is InChI=1S/C13H14N2O4/c1-3-19-13(17)11-8-14-15(12(11)16)9-4-6-10(18-2)7-5-9/h4-8,14H,3H2,1-2H3. The maximum atomic E-state index is 12.0. The van der Waals surface area contributed by atoms with Crippen LogP contribution >= 0.6 is 0 Å². The molecule has 0 spiro atoms. The van der Waals surface area contributed by atoms with Crippen LogP contribution in [0.4, 0.5) is 0 Å². The van der Waals surface area contributed by atoms with E-state index in [4.69, 9.17) is 9.47 Å². The van der Waals surface area contributed by atoms with Crippen molar-refractivity contribution in [1.29, 1.82) is 0 Å². The Hall–Kier alpha value is -2.50. The van der Waals surface area contributed by atoms with Crippen molar-refractivity contribution in [1.82, 2.24) is 9.78 Å². The van der Waals surface area contributed by atoms with Gasteiger partial charge in [-0.2, -0.15) is 0 Å². The van der Waals surface area contributed by atoms with Crippen molar-refractivity contribution in [2.24, 2.45) is 0 Å². The van der Waals surface area contributed by atoms with Gasteiger partial charge in [0, 0.05) is 6.20 Å². The first-order valence-electron chi connectivity index (χ1n) is 5.79. The highest BCUT2D eigenvalue weighted by Crippen LogP contribution is 2.13. The zero-order valence-electron chi connectivity index (χ0n) is 10.7. The van der Waals surface area contributed by atoms with Gasteiger partial charge in [-0.1, -0.05) is 0 Å². The molecule has 0 aliphatic heterocycles. The Morgan fingerprint density at radius 2 is 2.00 bits per heavy atom. The molecular formula is C13H14N2O4. The minimum atomic E-state index is -0.629. The van der Waals surface area contributed by atoms with E-state index in [1.54, 1.807) is 38.3 Å². The molecule has 6 nitrogen and oxygen atoms in total. The fourth-order valence-corrected chi connectivity index (χ4v) is 1.65. The molecule has 19 heavy (non-hydrogen) atoms. The van der Waals surface area contributed by atoms with E-state index in [9.17, 15) is 9.59 Å². The zero-order valence-corrected chi connectivity index (χ0v) is 10.7. The van der Waals surface area contributed by atoms with Crippen LogP contribution in [0.15, 0.2) is 35.3 Å². The van der Waals surface area contributed by atoms with Crippen molar-refractivity contribution < 1.29 is 14.3 Å². The molecule has 0 aliphatic carbocycles. The predicted octanol–water partition coefficient (Wildman–Crippen LogP) is 1.35. The number of hydrogen-bond acceptors (Lipinski definition) is 4. The van der Waals surface area contributed by atoms with Crippen molar-refractivity contribution >= 4 is 5.97 Å². The number of nitrogens with zero attached hydrogens (tertiary/aromatic N) is 1. The second-order valence-corrected chi connectivity index (χ2v) is 3.75. The molecule has 0 saturated heterocycles. The van der Waals surface area contributed by atoms with E-state index in [0.717, 1.165) is 0 Å². The lowest BCUT2D eigenvalue weighted by Gasteiger charge is -2.03. The van der Waals surface area contributed by atoms with E-state index in [1.807, 2.05) is 0 Å². The second kappa shape index (κ2) is 5.43. The van der Waals surface area contributed by atoms with Gasteiger partial charge in [0.25, 0.3) is 5.56 Å². The van der Waals surface area contributed by atoms with Crippen LogP contribution in [0.5, 0.6) is 5.75 Å². The third kappa shape index (κ3) is 2.52. The lowest BCUT2D eigenvalue weighted by Crippen LogP contribution is -2.21. The molecule has 0 fully saturated rings. The summed E-state index contributed by atoms with van der Waals surface area (Å²) < 4.78 is 11.1. The third-order valence-corrected chi connectivity index (χ3v) is 2.60. The number of nitrogens with one attached hydrogen (secondary N) is 1. The van der Waals surface area contributed by atoms with Gasteiger partial charge < -0.3 is 9.47 Å². The van der Waals surface area contributed by atoms with Crippen LogP contribution < -0.4 is 10.3 Å². The molecule has 0 bridgehead atoms. The highest BCUT2D eigenvalue weighted by Gasteiger charge is 2.16. The van der Waals surface area contributed by atoms with Crippen LogP contribution in [-0.4, -0.2) is 29.5 Å². The number of carbonyl (C=O) groups excluding carboxylic acids is 1. The Morgan fingerprint density at radius 1 is 1.32 bits per heavy atom. The van der Waals surface area contributed by atoms with Gasteiger partial charge in [-0.3, -0.25) is 9.89 Å². The minimum Gasteiger partial charge on any atom is -0.497 e. The molecule has 0 atom stereocenters. The fraction of sp³-hybridized carbons (Fsp3) is 0.231. The van der Waals surface area contributed by atoms with E-state index in [1.165, 1.54) is 10.9 Å². The summed E-state index contributed by atoms with van der Waals surface area (Å²) in [5.41, 5.74) is 0.155. The lowest BCUT2D eigenvalue weighted by molar-refractivity contribution is 0.0525. The average molecular weight is 262 g/mol. The number of aromatic amines is 1. The van der Waals surface area contributed by atoms with Crippen molar-refractivity contribution in [3.63, 3.8) is 0 Å². The Morgan fingerprint density at radius 3 is 2.58 bits per heavy atom. The van der Waals surface area contributed by atoms with Gasteiger partial charge in [-0.25, -0.2) is 9.48 Å². The topological polar surface area (TPSA) is 73.3 Å². The first-order chi connectivity index (χ1) is 9.17. The quantitative estimate of drug-likeness (QED) is 0.844. The Labute approximate surface area is 109 Å². The molecule has 1 aromatic carbocycles. The largest absolute Gasteiger partial charge is 0.497 e. The van der Waals surface area contributed by atoms with E-state index < -0.39 is 11.5 Å². The summed E-state index contributed by atoms with van der Waals surface area (Å²) in [4.78, 5) is 23.6. The molecule has 100 valence electrons. The number of benzene rings is 1. The second-order valence-electron chi connectivity index (χ2n) is 3.75. The lowest BCUT2D eigenvalue weighted by atomic mass is 10.3. The van der Waals surface area contributed by atoms with E-state index in [2.05, 4.69) is 5.10 Å². The number of methoxy groups -OCH3 is 1. The van der Waals surface area contributed by atoms with E-state index in [0.29, 0.717) is 11.4 Å². The number of esters is 1. The highest BCUT2D eigenvalue weighted by molar-refractivity contribution is 5.88. The normalized spacial score (nSPS) is 10.2. The van der Waals surface area contributed by atoms with Crippen LogP contribution in [0.25, 0.3) is 5.69 Å². The average Bonchev–Trinajstić information content (AvgIpc) is 2.81. The molecule has 0 unspecified atom stereocenters. The fourth-order valence-electron chi connectivity index (χ4n) is 1.65. The summed E-state index contributed by atoms with van der Waals surface area (Å²) in [7, 11) is 1.56. The molecule has 0 saturated carbocycles. The Balaban J connectivity index is 2.35. The molecule has 2 aromatic rings.